The Morgan fingerprint density at radius 1 is 1.07 bits per heavy atom. The van der Waals surface area contributed by atoms with Crippen molar-refractivity contribution in [2.45, 2.75) is 18.5 Å². The van der Waals surface area contributed by atoms with E-state index in [1.54, 1.807) is 28.9 Å². The van der Waals surface area contributed by atoms with Gasteiger partial charge in [0, 0.05) is 0 Å². The maximum Gasteiger partial charge on any atom is 0.293 e. The molecule has 150 valence electrons. The molecule has 2 aromatic heterocycles. The molecule has 1 aliphatic rings. The second-order valence-corrected chi connectivity index (χ2v) is 7.05. The Bertz CT molecular complexity index is 1160. The van der Waals surface area contributed by atoms with Gasteiger partial charge in [0.1, 0.15) is 5.82 Å². The summed E-state index contributed by atoms with van der Waals surface area (Å²) >= 11 is 0. The molecule has 7 nitrogen and oxygen atoms in total. The topological polar surface area (TPSA) is 85.0 Å². The highest BCUT2D eigenvalue weighted by Gasteiger charge is 2.31. The molecular weight excluding hydrogens is 385 g/mol. The summed E-state index contributed by atoms with van der Waals surface area (Å²) in [5.74, 6) is 0.144. The summed E-state index contributed by atoms with van der Waals surface area (Å²) in [5, 5.41) is 10.5. The molecule has 30 heavy (non-hydrogen) atoms. The maximum atomic E-state index is 13.5. The van der Waals surface area contributed by atoms with E-state index in [0.717, 1.165) is 11.1 Å². The molecule has 0 spiro atoms. The first kappa shape index (κ1) is 18.1. The lowest BCUT2D eigenvalue weighted by Crippen LogP contribution is -2.28. The normalized spacial score (nSPS) is 17.8. The molecule has 0 saturated carbocycles. The third kappa shape index (κ3) is 3.43. The highest BCUT2D eigenvalue weighted by Crippen LogP contribution is 2.38. The number of rotatable bonds is 4. The lowest BCUT2D eigenvalue weighted by molar-refractivity contribution is 0.0995. The van der Waals surface area contributed by atoms with Gasteiger partial charge in [-0.1, -0.05) is 42.5 Å². The highest BCUT2D eigenvalue weighted by atomic mass is 19.1. The predicted molar refractivity (Wildman–Crippen MR) is 109 cm³/mol. The van der Waals surface area contributed by atoms with Gasteiger partial charge >= 0.3 is 0 Å². The summed E-state index contributed by atoms with van der Waals surface area (Å²) < 4.78 is 20.3. The first-order valence-electron chi connectivity index (χ1n) is 9.56. The van der Waals surface area contributed by atoms with E-state index in [1.807, 2.05) is 30.3 Å². The van der Waals surface area contributed by atoms with Crippen LogP contribution in [0.5, 0.6) is 0 Å². The number of furan rings is 1. The van der Waals surface area contributed by atoms with E-state index in [4.69, 9.17) is 4.42 Å². The van der Waals surface area contributed by atoms with Crippen LogP contribution in [0.1, 0.15) is 40.2 Å². The van der Waals surface area contributed by atoms with Gasteiger partial charge in [-0.2, -0.15) is 4.98 Å². The summed E-state index contributed by atoms with van der Waals surface area (Å²) in [4.78, 5) is 16.8. The zero-order valence-corrected chi connectivity index (χ0v) is 15.8. The van der Waals surface area contributed by atoms with Crippen LogP contribution in [0.3, 0.4) is 0 Å². The van der Waals surface area contributed by atoms with Crippen molar-refractivity contribution < 1.29 is 13.6 Å². The smallest absolute Gasteiger partial charge is 0.293 e. The fourth-order valence-corrected chi connectivity index (χ4v) is 3.67. The number of nitrogens with one attached hydrogen (secondary N) is 2. The monoisotopic (exact) mass is 403 g/mol. The average molecular weight is 403 g/mol. The van der Waals surface area contributed by atoms with Crippen LogP contribution in [-0.4, -0.2) is 20.7 Å². The van der Waals surface area contributed by atoms with Crippen LogP contribution < -0.4 is 10.6 Å². The van der Waals surface area contributed by atoms with Crippen molar-refractivity contribution in [3.8, 4) is 0 Å². The number of anilines is 2. The minimum absolute atomic E-state index is 0.00780. The zero-order chi connectivity index (χ0) is 20.5. The molecule has 3 heterocycles. The molecule has 0 unspecified atom stereocenters. The number of hydrogen-bond donors (Lipinski definition) is 2. The molecule has 0 fully saturated rings. The fourth-order valence-electron chi connectivity index (χ4n) is 3.67. The van der Waals surface area contributed by atoms with Gasteiger partial charge in [0.25, 0.3) is 11.9 Å². The average Bonchev–Trinajstić information content (AvgIpc) is 3.44. The van der Waals surface area contributed by atoms with E-state index in [2.05, 4.69) is 20.7 Å². The van der Waals surface area contributed by atoms with Crippen molar-refractivity contribution in [3.05, 3.63) is 95.7 Å². The Hall–Kier alpha value is -3.94. The summed E-state index contributed by atoms with van der Waals surface area (Å²) in [5.41, 5.74) is 2.02. The molecule has 5 rings (SSSR count). The Kier molecular flexibility index (Phi) is 4.51. The molecule has 8 heteroatoms. The lowest BCUT2D eigenvalue weighted by Gasteiger charge is -2.31. The van der Waals surface area contributed by atoms with Gasteiger partial charge in [0.15, 0.2) is 5.76 Å². The molecule has 0 aliphatic carbocycles. The van der Waals surface area contributed by atoms with E-state index in [0.29, 0.717) is 12.4 Å². The van der Waals surface area contributed by atoms with Gasteiger partial charge in [-0.25, -0.2) is 9.07 Å². The number of carbonyl (C=O) groups excluding carboxylic acids is 1. The van der Waals surface area contributed by atoms with Crippen LogP contribution in [0.15, 0.2) is 77.4 Å². The van der Waals surface area contributed by atoms with E-state index >= 15 is 0 Å². The Morgan fingerprint density at radius 2 is 1.87 bits per heavy atom. The highest BCUT2D eigenvalue weighted by molar-refractivity contribution is 6.01. The van der Waals surface area contributed by atoms with E-state index in [-0.39, 0.29) is 29.6 Å². The van der Waals surface area contributed by atoms with E-state index < -0.39 is 5.91 Å². The van der Waals surface area contributed by atoms with Crippen molar-refractivity contribution in [3.63, 3.8) is 0 Å². The van der Waals surface area contributed by atoms with Crippen molar-refractivity contribution in [1.82, 2.24) is 14.8 Å². The third-order valence-corrected chi connectivity index (χ3v) is 5.12. The number of aromatic nitrogens is 3. The molecule has 0 radical (unpaired) electrons. The van der Waals surface area contributed by atoms with Gasteiger partial charge in [0.2, 0.25) is 5.95 Å². The quantitative estimate of drug-likeness (QED) is 0.527. The van der Waals surface area contributed by atoms with Crippen LogP contribution in [0.4, 0.5) is 16.3 Å². The zero-order valence-electron chi connectivity index (χ0n) is 15.8. The molecule has 2 atom stereocenters. The van der Waals surface area contributed by atoms with Crippen LogP contribution in [0.2, 0.25) is 0 Å². The predicted octanol–water partition coefficient (Wildman–Crippen LogP) is 4.41. The van der Waals surface area contributed by atoms with E-state index in [1.165, 1.54) is 18.4 Å². The molecule has 4 aromatic rings. The first-order chi connectivity index (χ1) is 14.7. The van der Waals surface area contributed by atoms with Gasteiger partial charge in [-0.15, -0.1) is 5.10 Å². The Balaban J connectivity index is 1.50. The minimum atomic E-state index is -0.430. The number of nitrogens with zero attached hydrogens (tertiary/aromatic N) is 3. The van der Waals surface area contributed by atoms with Crippen LogP contribution in [-0.2, 0) is 0 Å². The van der Waals surface area contributed by atoms with Gasteiger partial charge in [-0.05, 0) is 41.8 Å². The van der Waals surface area contributed by atoms with Gasteiger partial charge < -0.3 is 9.73 Å². The Labute approximate surface area is 171 Å². The van der Waals surface area contributed by atoms with Gasteiger partial charge in [0.05, 0.1) is 18.3 Å². The van der Waals surface area contributed by atoms with Crippen molar-refractivity contribution >= 4 is 17.8 Å². The third-order valence-electron chi connectivity index (χ3n) is 5.12. The van der Waals surface area contributed by atoms with Crippen molar-refractivity contribution in [2.75, 3.05) is 10.6 Å². The number of carbonyl (C=O) groups is 1. The number of fused-ring (bicyclic) bond motifs is 1. The number of amides is 1. The number of halogens is 1. The molecule has 1 amide bonds. The molecule has 0 saturated heterocycles. The summed E-state index contributed by atoms with van der Waals surface area (Å²) in [7, 11) is 0. The largest absolute Gasteiger partial charge is 0.459 e. The van der Waals surface area contributed by atoms with Crippen LogP contribution in [0.25, 0.3) is 0 Å². The van der Waals surface area contributed by atoms with Crippen molar-refractivity contribution in [1.29, 1.82) is 0 Å². The molecule has 2 aromatic carbocycles. The summed E-state index contributed by atoms with van der Waals surface area (Å²) in [6.07, 6.45) is 2.12. The molecule has 0 bridgehead atoms. The van der Waals surface area contributed by atoms with E-state index in [9.17, 15) is 9.18 Å². The molecule has 2 N–H and O–H groups in total. The van der Waals surface area contributed by atoms with Crippen LogP contribution in [0, 0.1) is 5.82 Å². The first-order valence-corrected chi connectivity index (χ1v) is 9.56. The molecule has 1 aliphatic heterocycles. The number of hydrogen-bond acceptors (Lipinski definition) is 5. The maximum absolute atomic E-state index is 13.5. The standard InChI is InChI=1S/C22H18FN5O2/c23-16-10-8-15(9-11-16)18-13-17(14-5-2-1-3-6-14)24-22-26-21(27-28(18)22)25-20(29)19-7-4-12-30-19/h1-12,17-18H,13H2,(H2,24,25,26,27,29)/t17-,18+/m0/s1. The Morgan fingerprint density at radius 3 is 2.60 bits per heavy atom. The summed E-state index contributed by atoms with van der Waals surface area (Å²) in [6, 6.07) is 19.4. The lowest BCUT2D eigenvalue weighted by atomic mass is 9.93. The summed E-state index contributed by atoms with van der Waals surface area (Å²) in [6.45, 7) is 0. The molecular formula is C22H18FN5O2. The van der Waals surface area contributed by atoms with Crippen molar-refractivity contribution in [2.24, 2.45) is 0 Å². The second kappa shape index (κ2) is 7.47. The van der Waals surface area contributed by atoms with Crippen LogP contribution >= 0.6 is 0 Å². The minimum Gasteiger partial charge on any atom is -0.459 e. The number of benzene rings is 2. The SMILES string of the molecule is O=C(Nc1nc2n(n1)[C@@H](c1ccc(F)cc1)C[C@@H](c1ccccc1)N2)c1ccco1. The second-order valence-electron chi connectivity index (χ2n) is 7.05. The van der Waals surface area contributed by atoms with Gasteiger partial charge in [-0.3, -0.25) is 10.1 Å². The fraction of sp³-hybridized carbons (Fsp3) is 0.136.